The van der Waals surface area contributed by atoms with Crippen LogP contribution in [0.2, 0.25) is 0 Å². The average Bonchev–Trinajstić information content (AvgIpc) is 3.42. The highest BCUT2D eigenvalue weighted by atomic mass is 16.5. The van der Waals surface area contributed by atoms with Crippen LogP contribution in [0.5, 0.6) is 0 Å². The van der Waals surface area contributed by atoms with Crippen molar-refractivity contribution in [2.45, 2.75) is 44.1 Å². The molecule has 1 saturated heterocycles. The van der Waals surface area contributed by atoms with E-state index in [1.165, 1.54) is 16.0 Å². The molecule has 2 amide bonds. The lowest BCUT2D eigenvalue weighted by atomic mass is 9.75. The van der Waals surface area contributed by atoms with Gasteiger partial charge < -0.3 is 20.1 Å². The second-order valence-electron chi connectivity index (χ2n) is 9.53. The zero-order valence-corrected chi connectivity index (χ0v) is 19.1. The Bertz CT molecular complexity index is 1050. The second kappa shape index (κ2) is 9.49. The zero-order valence-electron chi connectivity index (χ0n) is 19.1. The van der Waals surface area contributed by atoms with Crippen molar-refractivity contribution in [3.63, 3.8) is 0 Å². The Morgan fingerprint density at radius 3 is 2.21 bits per heavy atom. The molecule has 5 rings (SSSR count). The fraction of sp³-hybridized carbons (Fsp3) is 0.444. The Kier molecular flexibility index (Phi) is 6.26. The number of nitrogens with one attached hydrogen (secondary N) is 1. The van der Waals surface area contributed by atoms with Crippen LogP contribution in [-0.2, 0) is 14.3 Å². The Morgan fingerprint density at radius 1 is 0.971 bits per heavy atom. The maximum atomic E-state index is 13.2. The lowest BCUT2D eigenvalue weighted by Crippen LogP contribution is -2.49. The SMILES string of the molecule is O=C(NCC(C(=O)N1CCC[C@@H]1C(=O)O)C1CCC1)OCC1c2ccccc2-c2ccccc21. The van der Waals surface area contributed by atoms with E-state index in [0.29, 0.717) is 19.4 Å². The van der Waals surface area contributed by atoms with Gasteiger partial charge in [-0.3, -0.25) is 4.79 Å². The number of alkyl carbamates (subject to hydrolysis) is 1. The van der Waals surface area contributed by atoms with Crippen LogP contribution in [0.4, 0.5) is 4.79 Å². The van der Waals surface area contributed by atoms with Gasteiger partial charge in [-0.15, -0.1) is 0 Å². The van der Waals surface area contributed by atoms with Crippen LogP contribution >= 0.6 is 0 Å². The van der Waals surface area contributed by atoms with E-state index in [-0.39, 0.29) is 30.9 Å². The predicted octanol–water partition coefficient (Wildman–Crippen LogP) is 4.02. The molecule has 0 spiro atoms. The molecule has 1 saturated carbocycles. The molecule has 1 aliphatic heterocycles. The van der Waals surface area contributed by atoms with Gasteiger partial charge in [-0.2, -0.15) is 0 Å². The van der Waals surface area contributed by atoms with Crippen molar-refractivity contribution in [3.05, 3.63) is 59.7 Å². The van der Waals surface area contributed by atoms with Crippen LogP contribution in [0.25, 0.3) is 11.1 Å². The van der Waals surface area contributed by atoms with Gasteiger partial charge in [0, 0.05) is 19.0 Å². The Morgan fingerprint density at radius 2 is 1.62 bits per heavy atom. The molecule has 7 nitrogen and oxygen atoms in total. The van der Waals surface area contributed by atoms with Gasteiger partial charge in [-0.05, 0) is 53.9 Å². The van der Waals surface area contributed by atoms with Crippen LogP contribution in [0.1, 0.15) is 49.1 Å². The molecule has 2 aliphatic carbocycles. The van der Waals surface area contributed by atoms with E-state index in [2.05, 4.69) is 29.6 Å². The van der Waals surface area contributed by atoms with Crippen molar-refractivity contribution in [1.82, 2.24) is 10.2 Å². The highest BCUT2D eigenvalue weighted by molar-refractivity contribution is 5.86. The molecule has 1 heterocycles. The van der Waals surface area contributed by atoms with E-state index >= 15 is 0 Å². The average molecular weight is 463 g/mol. The van der Waals surface area contributed by atoms with E-state index in [4.69, 9.17) is 4.74 Å². The zero-order chi connectivity index (χ0) is 23.7. The van der Waals surface area contributed by atoms with Crippen molar-refractivity contribution >= 4 is 18.0 Å². The number of aliphatic carboxylic acids is 1. The first kappa shape index (κ1) is 22.4. The smallest absolute Gasteiger partial charge is 0.407 e. The molecule has 7 heteroatoms. The van der Waals surface area contributed by atoms with E-state index in [1.54, 1.807) is 0 Å². The fourth-order valence-corrected chi connectivity index (χ4v) is 5.64. The largest absolute Gasteiger partial charge is 0.480 e. The van der Waals surface area contributed by atoms with E-state index in [1.807, 2.05) is 24.3 Å². The number of carboxylic acid groups (broad SMARTS) is 1. The maximum Gasteiger partial charge on any atom is 0.407 e. The number of carboxylic acids is 1. The highest BCUT2D eigenvalue weighted by Gasteiger charge is 2.41. The summed E-state index contributed by atoms with van der Waals surface area (Å²) in [5, 5.41) is 12.3. The molecule has 178 valence electrons. The van der Waals surface area contributed by atoms with Crippen LogP contribution < -0.4 is 5.32 Å². The van der Waals surface area contributed by atoms with Gasteiger partial charge in [0.25, 0.3) is 0 Å². The first-order chi connectivity index (χ1) is 16.5. The lowest BCUT2D eigenvalue weighted by molar-refractivity contribution is -0.151. The molecule has 3 aliphatic rings. The van der Waals surface area contributed by atoms with Crippen LogP contribution in [0.3, 0.4) is 0 Å². The summed E-state index contributed by atoms with van der Waals surface area (Å²) in [6, 6.07) is 15.6. The Balaban J connectivity index is 1.21. The topological polar surface area (TPSA) is 95.9 Å². The summed E-state index contributed by atoms with van der Waals surface area (Å²) < 4.78 is 5.62. The van der Waals surface area contributed by atoms with E-state index in [9.17, 15) is 19.5 Å². The summed E-state index contributed by atoms with van der Waals surface area (Å²) in [7, 11) is 0. The lowest BCUT2D eigenvalue weighted by Gasteiger charge is -2.36. The number of likely N-dealkylation sites (tertiary alicyclic amines) is 1. The summed E-state index contributed by atoms with van der Waals surface area (Å²) in [4.78, 5) is 38.9. The summed E-state index contributed by atoms with van der Waals surface area (Å²) >= 11 is 0. The molecule has 2 aromatic carbocycles. The molecular formula is C27H30N2O5. The standard InChI is InChI=1S/C27H30N2O5/c30-25(29-14-6-13-24(29)26(31)32)22(17-7-5-8-17)15-28-27(33)34-16-23-20-11-3-1-9-18(20)19-10-2-4-12-21(19)23/h1-4,9-12,17,22-24H,5-8,13-16H2,(H,28,33)(H,31,32)/t22?,24-/m1/s1. The highest BCUT2D eigenvalue weighted by Crippen LogP contribution is 2.44. The summed E-state index contributed by atoms with van der Waals surface area (Å²) in [6.45, 7) is 0.849. The van der Waals surface area contributed by atoms with Crippen LogP contribution in [0, 0.1) is 11.8 Å². The third-order valence-corrected chi connectivity index (χ3v) is 7.67. The van der Waals surface area contributed by atoms with Gasteiger partial charge in [0.1, 0.15) is 12.6 Å². The molecule has 2 atom stereocenters. The van der Waals surface area contributed by atoms with Crippen molar-refractivity contribution in [2.24, 2.45) is 11.8 Å². The van der Waals surface area contributed by atoms with Gasteiger partial charge in [-0.1, -0.05) is 55.0 Å². The minimum atomic E-state index is -0.956. The summed E-state index contributed by atoms with van der Waals surface area (Å²) in [5.74, 6) is -1.37. The maximum absolute atomic E-state index is 13.2. The molecule has 34 heavy (non-hydrogen) atoms. The number of carbonyl (C=O) groups is 3. The van der Waals surface area contributed by atoms with Gasteiger partial charge in [0.15, 0.2) is 0 Å². The number of fused-ring (bicyclic) bond motifs is 3. The van der Waals surface area contributed by atoms with Crippen molar-refractivity contribution < 1.29 is 24.2 Å². The number of amides is 2. The van der Waals surface area contributed by atoms with Crippen molar-refractivity contribution in [2.75, 3.05) is 19.7 Å². The third-order valence-electron chi connectivity index (χ3n) is 7.67. The predicted molar refractivity (Wildman–Crippen MR) is 126 cm³/mol. The van der Waals surface area contributed by atoms with Gasteiger partial charge in [-0.25, -0.2) is 9.59 Å². The van der Waals surface area contributed by atoms with E-state index < -0.39 is 24.0 Å². The monoisotopic (exact) mass is 462 g/mol. The van der Waals surface area contributed by atoms with E-state index in [0.717, 1.165) is 30.4 Å². The van der Waals surface area contributed by atoms with Crippen LogP contribution in [-0.4, -0.2) is 53.7 Å². The fourth-order valence-electron chi connectivity index (χ4n) is 5.64. The first-order valence-electron chi connectivity index (χ1n) is 12.2. The Labute approximate surface area is 199 Å². The number of carbonyl (C=O) groups excluding carboxylic acids is 2. The summed E-state index contributed by atoms with van der Waals surface area (Å²) in [5.41, 5.74) is 4.63. The van der Waals surface area contributed by atoms with Gasteiger partial charge in [0.2, 0.25) is 5.91 Å². The molecular weight excluding hydrogens is 432 g/mol. The van der Waals surface area contributed by atoms with Crippen molar-refractivity contribution in [1.29, 1.82) is 0 Å². The number of rotatable bonds is 7. The molecule has 2 aromatic rings. The molecule has 0 aromatic heterocycles. The molecule has 0 bridgehead atoms. The quantitative estimate of drug-likeness (QED) is 0.648. The number of hydrogen-bond donors (Lipinski definition) is 2. The third kappa shape index (κ3) is 4.15. The molecule has 1 unspecified atom stereocenters. The molecule has 0 radical (unpaired) electrons. The molecule has 2 fully saturated rings. The van der Waals surface area contributed by atoms with Gasteiger partial charge >= 0.3 is 12.1 Å². The molecule has 2 N–H and O–H groups in total. The van der Waals surface area contributed by atoms with Crippen molar-refractivity contribution in [3.8, 4) is 11.1 Å². The minimum Gasteiger partial charge on any atom is -0.480 e. The summed E-state index contributed by atoms with van der Waals surface area (Å²) in [6.07, 6.45) is 3.54. The van der Waals surface area contributed by atoms with Crippen LogP contribution in [0.15, 0.2) is 48.5 Å². The second-order valence-corrected chi connectivity index (χ2v) is 9.53. The Hall–Kier alpha value is -3.35. The first-order valence-corrected chi connectivity index (χ1v) is 12.2. The van der Waals surface area contributed by atoms with Gasteiger partial charge in [0.05, 0.1) is 5.92 Å². The number of nitrogens with zero attached hydrogens (tertiary/aromatic N) is 1. The normalized spacial score (nSPS) is 20.2. The number of benzene rings is 2. The minimum absolute atomic E-state index is 0.0249. The number of ether oxygens (including phenoxy) is 1. The number of hydrogen-bond acceptors (Lipinski definition) is 4.